The van der Waals surface area contributed by atoms with E-state index in [4.69, 9.17) is 19.1 Å². The fraction of sp³-hybridized carbons (Fsp3) is 0.385. The minimum absolute atomic E-state index is 0.126. The van der Waals surface area contributed by atoms with Crippen molar-refractivity contribution in [2.24, 2.45) is 11.8 Å². The molecule has 168 valence electrons. The highest BCUT2D eigenvalue weighted by molar-refractivity contribution is 6.01. The Bertz CT molecular complexity index is 1110. The van der Waals surface area contributed by atoms with E-state index < -0.39 is 5.97 Å². The standard InChI is InChI=1S/C24H25NO3.C2H4O2/c1-27-22-8-3-2-6-19(22)20-7-4-5-17-14-23(28-24(17)20)21(26)13-18-15-25-11-9-16(18)10-12-25;1-2(3)4/h2-8,14,16,18H,9-13,15H2,1H3;1H3,(H,3,4)/t18-;/m0./s1. The molecule has 2 bridgehead atoms. The second-order valence-electron chi connectivity index (χ2n) is 8.58. The van der Waals surface area contributed by atoms with Crippen LogP contribution in [0.15, 0.2) is 52.9 Å². The maximum Gasteiger partial charge on any atom is 0.300 e. The molecule has 0 unspecified atom stereocenters. The molecular weight excluding hydrogens is 406 g/mol. The molecule has 0 spiro atoms. The van der Waals surface area contributed by atoms with Crippen LogP contribution in [-0.4, -0.2) is 48.5 Å². The first kappa shape index (κ1) is 22.1. The number of ether oxygens (including phenoxy) is 1. The molecule has 6 nitrogen and oxygen atoms in total. The summed E-state index contributed by atoms with van der Waals surface area (Å²) >= 11 is 0. The van der Waals surface area contributed by atoms with E-state index in [9.17, 15) is 4.79 Å². The third-order valence-electron chi connectivity index (χ3n) is 6.46. The summed E-state index contributed by atoms with van der Waals surface area (Å²) in [5.74, 6) is 1.74. The van der Waals surface area contributed by atoms with Gasteiger partial charge in [-0.3, -0.25) is 9.59 Å². The maximum absolute atomic E-state index is 13.0. The lowest BCUT2D eigenvalue weighted by atomic mass is 9.76. The van der Waals surface area contributed by atoms with Crippen LogP contribution in [0.4, 0.5) is 0 Å². The van der Waals surface area contributed by atoms with Gasteiger partial charge in [-0.2, -0.15) is 0 Å². The quantitative estimate of drug-likeness (QED) is 0.561. The van der Waals surface area contributed by atoms with E-state index in [0.29, 0.717) is 24.0 Å². The van der Waals surface area contributed by atoms with E-state index in [-0.39, 0.29) is 5.78 Å². The lowest BCUT2D eigenvalue weighted by molar-refractivity contribution is -0.134. The van der Waals surface area contributed by atoms with Crippen molar-refractivity contribution in [2.45, 2.75) is 26.2 Å². The Hall–Kier alpha value is -3.12. The Morgan fingerprint density at radius 2 is 1.78 bits per heavy atom. The minimum Gasteiger partial charge on any atom is -0.496 e. The second kappa shape index (κ2) is 9.57. The highest BCUT2D eigenvalue weighted by atomic mass is 16.5. The first-order valence-electron chi connectivity index (χ1n) is 11.1. The number of carboxylic acids is 1. The fourth-order valence-electron chi connectivity index (χ4n) is 4.94. The number of furan rings is 1. The predicted octanol–water partition coefficient (Wildman–Crippen LogP) is 5.11. The molecule has 0 aliphatic carbocycles. The van der Waals surface area contributed by atoms with E-state index in [2.05, 4.69) is 4.90 Å². The maximum atomic E-state index is 13.0. The summed E-state index contributed by atoms with van der Waals surface area (Å²) in [7, 11) is 1.67. The van der Waals surface area contributed by atoms with E-state index in [0.717, 1.165) is 41.3 Å². The Balaban J connectivity index is 0.000000567. The number of hydrogen-bond acceptors (Lipinski definition) is 5. The summed E-state index contributed by atoms with van der Waals surface area (Å²) in [5.41, 5.74) is 2.68. The van der Waals surface area contributed by atoms with E-state index in [1.54, 1.807) is 7.11 Å². The zero-order chi connectivity index (χ0) is 22.7. The molecule has 6 heteroatoms. The Morgan fingerprint density at radius 3 is 2.44 bits per heavy atom. The van der Waals surface area contributed by atoms with Gasteiger partial charge in [0.15, 0.2) is 11.5 Å². The molecule has 2 aromatic carbocycles. The predicted molar refractivity (Wildman–Crippen MR) is 123 cm³/mol. The average molecular weight is 436 g/mol. The Morgan fingerprint density at radius 1 is 1.09 bits per heavy atom. The summed E-state index contributed by atoms with van der Waals surface area (Å²) in [6.45, 7) is 4.54. The van der Waals surface area contributed by atoms with Gasteiger partial charge < -0.3 is 19.2 Å². The van der Waals surface area contributed by atoms with Crippen molar-refractivity contribution < 1.29 is 23.8 Å². The van der Waals surface area contributed by atoms with Gasteiger partial charge in [0.25, 0.3) is 5.97 Å². The monoisotopic (exact) mass is 435 g/mol. The number of rotatable bonds is 5. The molecule has 6 rings (SSSR count). The van der Waals surface area contributed by atoms with Crippen LogP contribution in [0.2, 0.25) is 0 Å². The molecule has 1 N–H and O–H groups in total. The first-order chi connectivity index (χ1) is 15.5. The van der Waals surface area contributed by atoms with Crippen LogP contribution in [0.1, 0.15) is 36.7 Å². The zero-order valence-electron chi connectivity index (χ0n) is 18.5. The highest BCUT2D eigenvalue weighted by Gasteiger charge is 2.35. The number of fused-ring (bicyclic) bond motifs is 4. The van der Waals surface area contributed by atoms with Crippen molar-refractivity contribution in [3.8, 4) is 16.9 Å². The van der Waals surface area contributed by atoms with Gasteiger partial charge in [-0.05, 0) is 49.9 Å². The van der Waals surface area contributed by atoms with Gasteiger partial charge in [0.1, 0.15) is 11.3 Å². The average Bonchev–Trinajstić information content (AvgIpc) is 3.24. The normalized spacial score (nSPS) is 21.6. The van der Waals surface area contributed by atoms with E-state index >= 15 is 0 Å². The fourth-order valence-corrected chi connectivity index (χ4v) is 4.94. The van der Waals surface area contributed by atoms with Gasteiger partial charge >= 0.3 is 0 Å². The number of aliphatic carboxylic acids is 1. The molecule has 3 aliphatic rings. The first-order valence-corrected chi connectivity index (χ1v) is 11.1. The number of ketones is 1. The summed E-state index contributed by atoms with van der Waals surface area (Å²) < 4.78 is 11.6. The molecule has 1 aromatic heterocycles. The van der Waals surface area contributed by atoms with Crippen molar-refractivity contribution in [2.75, 3.05) is 26.7 Å². The third-order valence-corrected chi connectivity index (χ3v) is 6.46. The van der Waals surface area contributed by atoms with Crippen LogP contribution in [0.25, 0.3) is 22.1 Å². The molecule has 0 saturated carbocycles. The van der Waals surface area contributed by atoms with Gasteiger partial charge in [-0.25, -0.2) is 0 Å². The number of Topliss-reactive ketones (excluding diaryl/α,β-unsaturated/α-hetero) is 1. The molecule has 32 heavy (non-hydrogen) atoms. The number of hydrogen-bond donors (Lipinski definition) is 1. The van der Waals surface area contributed by atoms with Gasteiger partial charge in [0.05, 0.1) is 7.11 Å². The Kier molecular flexibility index (Phi) is 6.61. The van der Waals surface area contributed by atoms with Crippen molar-refractivity contribution >= 4 is 22.7 Å². The molecule has 3 fully saturated rings. The molecule has 3 aromatic rings. The summed E-state index contributed by atoms with van der Waals surface area (Å²) in [4.78, 5) is 24.5. The molecule has 1 atom stereocenters. The lowest BCUT2D eigenvalue weighted by Crippen LogP contribution is -2.47. The van der Waals surface area contributed by atoms with Crippen molar-refractivity contribution in [3.05, 3.63) is 54.3 Å². The lowest BCUT2D eigenvalue weighted by Gasteiger charge is -2.44. The van der Waals surface area contributed by atoms with E-state index in [1.807, 2.05) is 48.5 Å². The van der Waals surface area contributed by atoms with Crippen molar-refractivity contribution in [1.29, 1.82) is 0 Å². The van der Waals surface area contributed by atoms with Crippen LogP contribution in [0.3, 0.4) is 0 Å². The van der Waals surface area contributed by atoms with Gasteiger partial charge in [0.2, 0.25) is 0 Å². The largest absolute Gasteiger partial charge is 0.496 e. The highest BCUT2D eigenvalue weighted by Crippen LogP contribution is 2.38. The van der Waals surface area contributed by atoms with Crippen LogP contribution in [0, 0.1) is 11.8 Å². The third kappa shape index (κ3) is 4.70. The van der Waals surface area contributed by atoms with Gasteiger partial charge in [-0.1, -0.05) is 36.4 Å². The number of carbonyl (C=O) groups is 2. The molecular formula is C26H29NO5. The number of benzene rings is 2. The molecule has 0 radical (unpaired) electrons. The van der Waals surface area contributed by atoms with Crippen LogP contribution >= 0.6 is 0 Å². The van der Waals surface area contributed by atoms with Crippen LogP contribution in [-0.2, 0) is 4.79 Å². The van der Waals surface area contributed by atoms with E-state index in [1.165, 1.54) is 25.9 Å². The summed E-state index contributed by atoms with van der Waals surface area (Å²) in [5, 5.41) is 8.38. The molecule has 3 aliphatic heterocycles. The number of piperidine rings is 3. The smallest absolute Gasteiger partial charge is 0.300 e. The van der Waals surface area contributed by atoms with Gasteiger partial charge in [0, 0.05) is 36.4 Å². The number of nitrogens with zero attached hydrogens (tertiary/aromatic N) is 1. The number of methoxy groups -OCH3 is 1. The molecule has 3 saturated heterocycles. The second-order valence-corrected chi connectivity index (χ2v) is 8.58. The Labute approximate surface area is 187 Å². The van der Waals surface area contributed by atoms with Crippen molar-refractivity contribution in [3.63, 3.8) is 0 Å². The van der Waals surface area contributed by atoms with Crippen LogP contribution < -0.4 is 4.74 Å². The summed E-state index contributed by atoms with van der Waals surface area (Å²) in [6, 6.07) is 15.8. The number of carboxylic acid groups (broad SMARTS) is 1. The molecule has 4 heterocycles. The SMILES string of the molecule is CC(=O)O.COc1ccccc1-c1cccc2cc(C(=O)C[C@H]3CN4CCC3CC4)oc12. The van der Waals surface area contributed by atoms with Crippen LogP contribution in [0.5, 0.6) is 5.75 Å². The van der Waals surface area contributed by atoms with Gasteiger partial charge in [-0.15, -0.1) is 0 Å². The zero-order valence-corrected chi connectivity index (χ0v) is 18.5. The number of carbonyl (C=O) groups excluding carboxylic acids is 1. The number of para-hydroxylation sites is 2. The minimum atomic E-state index is -0.833. The summed E-state index contributed by atoms with van der Waals surface area (Å²) in [6.07, 6.45) is 3.05. The topological polar surface area (TPSA) is 80.0 Å². The molecule has 0 amide bonds. The van der Waals surface area contributed by atoms with Crippen molar-refractivity contribution in [1.82, 2.24) is 4.90 Å².